The predicted molar refractivity (Wildman–Crippen MR) is 115 cm³/mol. The summed E-state index contributed by atoms with van der Waals surface area (Å²) in [7, 11) is 3.23. The van der Waals surface area contributed by atoms with E-state index in [4.69, 9.17) is 14.3 Å². The SMILES string of the molecule is COc1ccc(C2=NOC(CN(Cc3ccccc3)C(=O)C3CCC3)C2)cc1OC. The molecular weight excluding hydrogens is 380 g/mol. The summed E-state index contributed by atoms with van der Waals surface area (Å²) in [6.45, 7) is 1.13. The standard InChI is InChI=1S/C24H28N2O4/c1-28-22-12-11-19(13-23(22)29-2)21-14-20(30-25-21)16-26(24(27)18-9-6-10-18)15-17-7-4-3-5-8-17/h3-5,7-8,11-13,18,20H,6,9-10,14-16H2,1-2H3. The predicted octanol–water partition coefficient (Wildman–Crippen LogP) is 4.03. The van der Waals surface area contributed by atoms with Gasteiger partial charge in [0.05, 0.1) is 26.5 Å². The van der Waals surface area contributed by atoms with Crippen molar-refractivity contribution in [3.05, 3.63) is 59.7 Å². The summed E-state index contributed by atoms with van der Waals surface area (Å²) in [5.74, 6) is 1.72. The number of methoxy groups -OCH3 is 2. The number of benzene rings is 2. The van der Waals surface area contributed by atoms with Crippen molar-refractivity contribution >= 4 is 11.6 Å². The van der Waals surface area contributed by atoms with Crippen LogP contribution < -0.4 is 9.47 Å². The van der Waals surface area contributed by atoms with Gasteiger partial charge in [0.25, 0.3) is 0 Å². The van der Waals surface area contributed by atoms with Gasteiger partial charge in [0, 0.05) is 24.4 Å². The maximum absolute atomic E-state index is 13.0. The van der Waals surface area contributed by atoms with E-state index in [0.29, 0.717) is 31.0 Å². The molecule has 0 N–H and O–H groups in total. The topological polar surface area (TPSA) is 60.4 Å². The molecule has 4 rings (SSSR count). The van der Waals surface area contributed by atoms with Gasteiger partial charge in [-0.2, -0.15) is 0 Å². The summed E-state index contributed by atoms with van der Waals surface area (Å²) in [6.07, 6.45) is 3.62. The van der Waals surface area contributed by atoms with Crippen LogP contribution in [0.25, 0.3) is 0 Å². The van der Waals surface area contributed by atoms with Crippen molar-refractivity contribution in [2.45, 2.75) is 38.3 Å². The van der Waals surface area contributed by atoms with Gasteiger partial charge in [0.2, 0.25) is 5.91 Å². The minimum absolute atomic E-state index is 0.152. The summed E-state index contributed by atoms with van der Waals surface area (Å²) in [4.78, 5) is 20.7. The lowest BCUT2D eigenvalue weighted by molar-refractivity contribution is -0.140. The molecule has 1 aliphatic heterocycles. The van der Waals surface area contributed by atoms with Gasteiger partial charge in [-0.25, -0.2) is 0 Å². The molecule has 1 heterocycles. The maximum atomic E-state index is 13.0. The molecule has 1 atom stereocenters. The highest BCUT2D eigenvalue weighted by Crippen LogP contribution is 2.31. The Labute approximate surface area is 177 Å². The van der Waals surface area contributed by atoms with E-state index in [0.717, 1.165) is 36.1 Å². The van der Waals surface area contributed by atoms with Crippen LogP contribution in [-0.4, -0.2) is 43.4 Å². The third kappa shape index (κ3) is 4.42. The van der Waals surface area contributed by atoms with Gasteiger partial charge in [0.15, 0.2) is 17.6 Å². The number of rotatable bonds is 8. The third-order valence-corrected chi connectivity index (χ3v) is 5.86. The fourth-order valence-corrected chi connectivity index (χ4v) is 3.91. The van der Waals surface area contributed by atoms with E-state index in [1.54, 1.807) is 14.2 Å². The lowest BCUT2D eigenvalue weighted by Gasteiger charge is -2.32. The lowest BCUT2D eigenvalue weighted by Crippen LogP contribution is -2.42. The molecule has 1 amide bonds. The van der Waals surface area contributed by atoms with Gasteiger partial charge in [-0.1, -0.05) is 41.9 Å². The van der Waals surface area contributed by atoms with Gasteiger partial charge in [-0.05, 0) is 36.6 Å². The first-order chi connectivity index (χ1) is 14.7. The van der Waals surface area contributed by atoms with Crippen molar-refractivity contribution < 1.29 is 19.1 Å². The molecule has 30 heavy (non-hydrogen) atoms. The van der Waals surface area contributed by atoms with Gasteiger partial charge in [0.1, 0.15) is 0 Å². The van der Waals surface area contributed by atoms with Crippen molar-refractivity contribution in [2.75, 3.05) is 20.8 Å². The third-order valence-electron chi connectivity index (χ3n) is 5.86. The number of carbonyl (C=O) groups excluding carboxylic acids is 1. The molecule has 0 radical (unpaired) electrons. The van der Waals surface area contributed by atoms with E-state index < -0.39 is 0 Å². The van der Waals surface area contributed by atoms with E-state index in [9.17, 15) is 4.79 Å². The molecule has 2 aliphatic rings. The normalized spacial score (nSPS) is 18.2. The fraction of sp³-hybridized carbons (Fsp3) is 0.417. The molecule has 158 valence electrons. The molecule has 1 aliphatic carbocycles. The minimum atomic E-state index is -0.152. The van der Waals surface area contributed by atoms with Crippen molar-refractivity contribution in [2.24, 2.45) is 11.1 Å². The molecule has 2 aromatic carbocycles. The second-order valence-electron chi connectivity index (χ2n) is 7.87. The Kier molecular flexibility index (Phi) is 6.21. The molecule has 6 heteroatoms. The van der Waals surface area contributed by atoms with Crippen LogP contribution in [0, 0.1) is 5.92 Å². The average Bonchev–Trinajstić information content (AvgIpc) is 3.21. The number of hydrogen-bond acceptors (Lipinski definition) is 5. The van der Waals surface area contributed by atoms with Crippen LogP contribution in [0.4, 0.5) is 0 Å². The molecule has 0 saturated heterocycles. The summed E-state index contributed by atoms with van der Waals surface area (Å²) < 4.78 is 10.7. The Bertz CT molecular complexity index is 909. The van der Waals surface area contributed by atoms with Crippen LogP contribution in [0.2, 0.25) is 0 Å². The lowest BCUT2D eigenvalue weighted by atomic mass is 9.84. The molecule has 1 saturated carbocycles. The van der Waals surface area contributed by atoms with Crippen LogP contribution in [0.5, 0.6) is 11.5 Å². The number of oxime groups is 1. The largest absolute Gasteiger partial charge is 0.493 e. The minimum Gasteiger partial charge on any atom is -0.493 e. The summed E-state index contributed by atoms with van der Waals surface area (Å²) in [5.41, 5.74) is 2.93. The van der Waals surface area contributed by atoms with Gasteiger partial charge in [-0.15, -0.1) is 0 Å². The monoisotopic (exact) mass is 408 g/mol. The molecule has 2 aromatic rings. The highest BCUT2D eigenvalue weighted by molar-refractivity contribution is 6.01. The Balaban J connectivity index is 1.44. The first-order valence-electron chi connectivity index (χ1n) is 10.5. The fourth-order valence-electron chi connectivity index (χ4n) is 3.91. The molecule has 0 spiro atoms. The van der Waals surface area contributed by atoms with Crippen LogP contribution in [0.3, 0.4) is 0 Å². The highest BCUT2D eigenvalue weighted by atomic mass is 16.6. The van der Waals surface area contributed by atoms with Crippen LogP contribution in [-0.2, 0) is 16.2 Å². The zero-order valence-corrected chi connectivity index (χ0v) is 17.5. The van der Waals surface area contributed by atoms with E-state index >= 15 is 0 Å². The van der Waals surface area contributed by atoms with Crippen molar-refractivity contribution in [1.82, 2.24) is 4.90 Å². The van der Waals surface area contributed by atoms with Crippen molar-refractivity contribution in [3.63, 3.8) is 0 Å². The summed E-state index contributed by atoms with van der Waals surface area (Å²) >= 11 is 0. The summed E-state index contributed by atoms with van der Waals surface area (Å²) in [6, 6.07) is 15.8. The van der Waals surface area contributed by atoms with E-state index in [1.807, 2.05) is 41.3 Å². The number of carbonyl (C=O) groups is 1. The Hall–Kier alpha value is -3.02. The molecule has 1 unspecified atom stereocenters. The summed E-state index contributed by atoms with van der Waals surface area (Å²) in [5, 5.41) is 4.30. The first-order valence-corrected chi connectivity index (χ1v) is 10.5. The Morgan fingerprint density at radius 1 is 1.10 bits per heavy atom. The smallest absolute Gasteiger partial charge is 0.226 e. The van der Waals surface area contributed by atoms with Crippen LogP contribution >= 0.6 is 0 Å². The number of ether oxygens (including phenoxy) is 2. The van der Waals surface area contributed by atoms with E-state index in [2.05, 4.69) is 17.3 Å². The van der Waals surface area contributed by atoms with E-state index in [-0.39, 0.29) is 17.9 Å². The molecular formula is C24H28N2O4. The second kappa shape index (κ2) is 9.20. The Morgan fingerprint density at radius 3 is 2.53 bits per heavy atom. The van der Waals surface area contributed by atoms with Gasteiger partial charge in [-0.3, -0.25) is 4.79 Å². The number of hydrogen-bond donors (Lipinski definition) is 0. The quantitative estimate of drug-likeness (QED) is 0.662. The van der Waals surface area contributed by atoms with Gasteiger partial charge < -0.3 is 19.2 Å². The van der Waals surface area contributed by atoms with Crippen molar-refractivity contribution in [1.29, 1.82) is 0 Å². The Morgan fingerprint density at radius 2 is 1.87 bits per heavy atom. The molecule has 0 aromatic heterocycles. The number of amides is 1. The zero-order chi connectivity index (χ0) is 20.9. The first kappa shape index (κ1) is 20.3. The number of nitrogens with zero attached hydrogens (tertiary/aromatic N) is 2. The van der Waals surface area contributed by atoms with Crippen LogP contribution in [0.15, 0.2) is 53.7 Å². The zero-order valence-electron chi connectivity index (χ0n) is 17.5. The average molecular weight is 408 g/mol. The van der Waals surface area contributed by atoms with Crippen LogP contribution in [0.1, 0.15) is 36.8 Å². The molecule has 6 nitrogen and oxygen atoms in total. The van der Waals surface area contributed by atoms with Crippen molar-refractivity contribution in [3.8, 4) is 11.5 Å². The molecule has 0 bridgehead atoms. The molecule has 1 fully saturated rings. The second-order valence-corrected chi connectivity index (χ2v) is 7.87. The highest BCUT2D eigenvalue weighted by Gasteiger charge is 2.33. The van der Waals surface area contributed by atoms with E-state index in [1.165, 1.54) is 0 Å². The maximum Gasteiger partial charge on any atom is 0.226 e. The van der Waals surface area contributed by atoms with Gasteiger partial charge >= 0.3 is 0 Å².